The summed E-state index contributed by atoms with van der Waals surface area (Å²) in [6.07, 6.45) is 0.854. The average Bonchev–Trinajstić information content (AvgIpc) is 2.85. The minimum absolute atomic E-state index is 0.00625. The lowest BCUT2D eigenvalue weighted by molar-refractivity contribution is -0.119. The average molecular weight is 533 g/mol. The summed E-state index contributed by atoms with van der Waals surface area (Å²) in [6.45, 7) is 3.57. The Morgan fingerprint density at radius 2 is 1.81 bits per heavy atom. The van der Waals surface area contributed by atoms with E-state index in [1.165, 1.54) is 16.7 Å². The van der Waals surface area contributed by atoms with Crippen LogP contribution in [-0.4, -0.2) is 37.7 Å². The smallest absolute Gasteiger partial charge is 0.354 e. The molecule has 2 N–H and O–H groups in total. The monoisotopic (exact) mass is 532 g/mol. The van der Waals surface area contributed by atoms with Crippen molar-refractivity contribution in [2.24, 2.45) is 0 Å². The van der Waals surface area contributed by atoms with Crippen molar-refractivity contribution in [3.63, 3.8) is 0 Å². The third-order valence-corrected chi connectivity index (χ3v) is 5.66. The number of aliphatic hydroxyl groups excluding tert-OH is 1. The van der Waals surface area contributed by atoms with E-state index >= 15 is 0 Å². The Balaban J connectivity index is 1.92. The number of hydrogen-bond donors (Lipinski definition) is 2. The molecule has 9 nitrogen and oxygen atoms in total. The highest BCUT2D eigenvalue weighted by Crippen LogP contribution is 2.24. The molecule has 0 amide bonds. The maximum absolute atomic E-state index is 14.5. The van der Waals surface area contributed by atoms with Gasteiger partial charge in [0.15, 0.2) is 11.6 Å². The van der Waals surface area contributed by atoms with Crippen molar-refractivity contribution < 1.29 is 19.0 Å². The van der Waals surface area contributed by atoms with Crippen LogP contribution in [0.25, 0.3) is 0 Å². The lowest BCUT2D eigenvalue weighted by Gasteiger charge is -2.16. The lowest BCUT2D eigenvalue weighted by Crippen LogP contribution is -2.42. The zero-order valence-corrected chi connectivity index (χ0v) is 21.5. The number of ketones is 1. The molecular weight excluding hydrogens is 503 g/mol. The molecule has 0 bridgehead atoms. The number of ether oxygens (including phenoxy) is 1. The molecule has 0 atom stereocenters. The van der Waals surface area contributed by atoms with E-state index in [1.807, 2.05) is 0 Å². The third-order valence-electron chi connectivity index (χ3n) is 5.41. The molecule has 1 aromatic heterocycles. The van der Waals surface area contributed by atoms with E-state index in [-0.39, 0.29) is 68.2 Å². The molecule has 0 unspecified atom stereocenters. The summed E-state index contributed by atoms with van der Waals surface area (Å²) in [6, 6.07) is 11.0. The van der Waals surface area contributed by atoms with Gasteiger partial charge in [0.2, 0.25) is 5.95 Å². The molecule has 0 aliphatic rings. The van der Waals surface area contributed by atoms with Crippen molar-refractivity contribution >= 4 is 29.0 Å². The highest BCUT2D eigenvalue weighted by Gasteiger charge is 2.16. The van der Waals surface area contributed by atoms with Crippen LogP contribution in [-0.2, 0) is 17.9 Å². The minimum Gasteiger partial charge on any atom is -0.488 e. The molecule has 3 aromatic rings. The van der Waals surface area contributed by atoms with Gasteiger partial charge in [0.1, 0.15) is 5.78 Å². The van der Waals surface area contributed by atoms with E-state index in [0.29, 0.717) is 11.4 Å². The van der Waals surface area contributed by atoms with Crippen molar-refractivity contribution in [3.05, 3.63) is 79.8 Å². The van der Waals surface area contributed by atoms with E-state index in [2.05, 4.69) is 10.3 Å². The molecule has 0 spiro atoms. The van der Waals surface area contributed by atoms with Gasteiger partial charge in [-0.2, -0.15) is 4.98 Å². The number of carbonyl (C=O) groups is 1. The van der Waals surface area contributed by atoms with Crippen LogP contribution in [0.3, 0.4) is 0 Å². The van der Waals surface area contributed by atoms with Gasteiger partial charge in [0, 0.05) is 42.8 Å². The largest absolute Gasteiger partial charge is 0.488 e. The number of hydrogen-bond acceptors (Lipinski definition) is 7. The first kappa shape index (κ1) is 28.1. The standard InChI is InChI=1S/C26H30ClFN4O5/c1-17(2)37-23-12-11-20(15-22(23)28)29-24-30-25(35)31(13-3-5-21(34)6-4-14-33)26(36)32(24)16-18-7-9-19(27)10-8-18/h7-12,15,17,33H,3-6,13-14,16H2,1-2H3,(H,29,30,35). The number of aromatic nitrogens is 3. The molecule has 0 radical (unpaired) electrons. The zero-order chi connectivity index (χ0) is 26.9. The molecular formula is C26H30ClFN4O5. The van der Waals surface area contributed by atoms with Gasteiger partial charge in [-0.05, 0) is 56.5 Å². The molecule has 37 heavy (non-hydrogen) atoms. The summed E-state index contributed by atoms with van der Waals surface area (Å²) in [5.74, 6) is -0.639. The molecule has 2 aromatic carbocycles. The van der Waals surface area contributed by atoms with Gasteiger partial charge < -0.3 is 15.2 Å². The number of Topliss-reactive ketones (excluding diaryl/α,β-unsaturated/α-hetero) is 1. The summed E-state index contributed by atoms with van der Waals surface area (Å²) in [5.41, 5.74) is -0.409. The second kappa shape index (κ2) is 13.2. The summed E-state index contributed by atoms with van der Waals surface area (Å²) in [7, 11) is 0. The molecule has 0 aliphatic heterocycles. The SMILES string of the molecule is CC(C)Oc1ccc(Nc2nc(=O)n(CCCC(=O)CCCO)c(=O)n2Cc2ccc(Cl)cc2)cc1F. The van der Waals surface area contributed by atoms with E-state index in [1.54, 1.807) is 44.2 Å². The Bertz CT molecular complexity index is 1340. The van der Waals surface area contributed by atoms with Crippen molar-refractivity contribution in [2.45, 2.75) is 58.7 Å². The number of benzene rings is 2. The molecule has 1 heterocycles. The first-order chi connectivity index (χ1) is 17.7. The second-order valence-electron chi connectivity index (χ2n) is 8.77. The summed E-state index contributed by atoms with van der Waals surface area (Å²) in [5, 5.41) is 12.3. The summed E-state index contributed by atoms with van der Waals surface area (Å²) < 4.78 is 22.2. The van der Waals surface area contributed by atoms with E-state index in [4.69, 9.17) is 21.4 Å². The number of rotatable bonds is 13. The van der Waals surface area contributed by atoms with Gasteiger partial charge in [-0.1, -0.05) is 23.7 Å². The Morgan fingerprint density at radius 3 is 2.46 bits per heavy atom. The zero-order valence-electron chi connectivity index (χ0n) is 20.7. The first-order valence-corrected chi connectivity index (χ1v) is 12.4. The topological polar surface area (TPSA) is 115 Å². The molecule has 0 saturated carbocycles. The minimum atomic E-state index is -0.789. The second-order valence-corrected chi connectivity index (χ2v) is 9.21. The van der Waals surface area contributed by atoms with E-state index < -0.39 is 17.2 Å². The first-order valence-electron chi connectivity index (χ1n) is 12.0. The van der Waals surface area contributed by atoms with Crippen molar-refractivity contribution in [2.75, 3.05) is 11.9 Å². The third kappa shape index (κ3) is 7.99. The number of aliphatic hydroxyl groups is 1. The van der Waals surface area contributed by atoms with Gasteiger partial charge >= 0.3 is 11.4 Å². The Morgan fingerprint density at radius 1 is 1.11 bits per heavy atom. The predicted octanol–water partition coefficient (Wildman–Crippen LogP) is 3.90. The van der Waals surface area contributed by atoms with Crippen LogP contribution in [0.2, 0.25) is 5.02 Å². The van der Waals surface area contributed by atoms with Crippen LogP contribution in [0.4, 0.5) is 16.0 Å². The lowest BCUT2D eigenvalue weighted by atomic mass is 10.1. The van der Waals surface area contributed by atoms with Crippen LogP contribution < -0.4 is 21.4 Å². The molecule has 198 valence electrons. The van der Waals surface area contributed by atoms with Crippen LogP contribution in [0.1, 0.15) is 45.1 Å². The molecule has 3 rings (SSSR count). The van der Waals surface area contributed by atoms with Crippen LogP contribution in [0, 0.1) is 5.82 Å². The fourth-order valence-corrected chi connectivity index (χ4v) is 3.75. The van der Waals surface area contributed by atoms with Gasteiger partial charge in [0.25, 0.3) is 0 Å². The maximum Gasteiger partial charge on any atom is 0.354 e. The van der Waals surface area contributed by atoms with Gasteiger partial charge in [-0.15, -0.1) is 0 Å². The van der Waals surface area contributed by atoms with Crippen LogP contribution >= 0.6 is 11.6 Å². The number of anilines is 2. The van der Waals surface area contributed by atoms with Crippen molar-refractivity contribution in [3.8, 4) is 5.75 Å². The maximum atomic E-state index is 14.5. The molecule has 0 fully saturated rings. The molecule has 11 heteroatoms. The predicted molar refractivity (Wildman–Crippen MR) is 139 cm³/mol. The van der Waals surface area contributed by atoms with Crippen molar-refractivity contribution in [1.82, 2.24) is 14.1 Å². The fraction of sp³-hybridized carbons (Fsp3) is 0.385. The Kier molecular flexibility index (Phi) is 9.99. The van der Waals surface area contributed by atoms with Gasteiger partial charge in [-0.25, -0.2) is 18.5 Å². The van der Waals surface area contributed by atoms with E-state index in [0.717, 1.165) is 10.1 Å². The molecule has 0 saturated heterocycles. The van der Waals surface area contributed by atoms with Gasteiger partial charge in [0.05, 0.1) is 12.6 Å². The number of halogens is 2. The highest BCUT2D eigenvalue weighted by atomic mass is 35.5. The van der Waals surface area contributed by atoms with E-state index in [9.17, 15) is 18.8 Å². The van der Waals surface area contributed by atoms with Crippen molar-refractivity contribution in [1.29, 1.82) is 0 Å². The number of nitrogens with zero attached hydrogens (tertiary/aromatic N) is 3. The van der Waals surface area contributed by atoms with Gasteiger partial charge in [-0.3, -0.25) is 9.36 Å². The van der Waals surface area contributed by atoms with Crippen LogP contribution in [0.5, 0.6) is 5.75 Å². The highest BCUT2D eigenvalue weighted by molar-refractivity contribution is 6.30. The summed E-state index contributed by atoms with van der Waals surface area (Å²) >= 11 is 5.98. The Labute approximate surface area is 218 Å². The Hall–Kier alpha value is -3.50. The molecule has 0 aliphatic carbocycles. The summed E-state index contributed by atoms with van der Waals surface area (Å²) in [4.78, 5) is 42.1. The number of carbonyl (C=O) groups excluding carboxylic acids is 1. The fourth-order valence-electron chi connectivity index (χ4n) is 3.62. The number of nitrogens with one attached hydrogen (secondary N) is 1. The normalized spacial score (nSPS) is 11.1. The quantitative estimate of drug-likeness (QED) is 0.343. The van der Waals surface area contributed by atoms with Crippen LogP contribution in [0.15, 0.2) is 52.1 Å².